The van der Waals surface area contributed by atoms with Crippen LogP contribution in [0.15, 0.2) is 24.5 Å². The molecule has 6 nitrogen and oxygen atoms in total. The number of nitrogens with zero attached hydrogens (tertiary/aromatic N) is 2. The normalized spacial score (nSPS) is 12.8. The van der Waals surface area contributed by atoms with E-state index < -0.39 is 18.0 Å². The van der Waals surface area contributed by atoms with Gasteiger partial charge in [-0.3, -0.25) is 4.98 Å². The number of ether oxygens (including phenoxy) is 1. The highest BCUT2D eigenvalue weighted by molar-refractivity contribution is 5.89. The Labute approximate surface area is 112 Å². The molecule has 0 fully saturated rings. The molecule has 0 saturated heterocycles. The van der Waals surface area contributed by atoms with Gasteiger partial charge in [0.1, 0.15) is 6.54 Å². The van der Waals surface area contributed by atoms with Gasteiger partial charge in [-0.25, -0.2) is 4.79 Å². The lowest BCUT2D eigenvalue weighted by Gasteiger charge is -2.29. The fourth-order valence-corrected chi connectivity index (χ4v) is 1.64. The quantitative estimate of drug-likeness (QED) is 0.510. The van der Waals surface area contributed by atoms with E-state index in [-0.39, 0.29) is 6.42 Å². The number of hydrogen-bond acceptors (Lipinski definition) is 5. The zero-order valence-corrected chi connectivity index (χ0v) is 11.3. The Morgan fingerprint density at radius 1 is 1.42 bits per heavy atom. The van der Waals surface area contributed by atoms with E-state index in [2.05, 4.69) is 4.98 Å². The third kappa shape index (κ3) is 5.96. The molecular formula is C13H18N2O4. The summed E-state index contributed by atoms with van der Waals surface area (Å²) in [6.45, 7) is 0.389. The molecule has 1 rings (SSSR count). The minimum absolute atomic E-state index is 0.298. The first-order valence-electron chi connectivity index (χ1n) is 5.89. The van der Waals surface area contributed by atoms with Crippen LogP contribution in [0.5, 0.6) is 0 Å². The molecule has 0 aliphatic heterocycles. The first kappa shape index (κ1) is 15.1. The number of carbonyl (C=O) groups excluding carboxylic acids is 2. The maximum Gasteiger partial charge on any atom is 0.340 e. The predicted molar refractivity (Wildman–Crippen MR) is 66.0 cm³/mol. The van der Waals surface area contributed by atoms with Gasteiger partial charge in [0.2, 0.25) is 0 Å². The van der Waals surface area contributed by atoms with Crippen LogP contribution in [0.3, 0.4) is 0 Å². The summed E-state index contributed by atoms with van der Waals surface area (Å²) in [7, 11) is 5.67. The van der Waals surface area contributed by atoms with E-state index in [1.807, 2.05) is 21.1 Å². The molecule has 1 aromatic heterocycles. The molecule has 104 valence electrons. The largest absolute Gasteiger partial charge is 0.550 e. The van der Waals surface area contributed by atoms with E-state index >= 15 is 0 Å². The average Bonchev–Trinajstić information content (AvgIpc) is 2.26. The molecule has 0 N–H and O–H groups in total. The number of hydrogen-bond donors (Lipinski definition) is 0. The maximum absolute atomic E-state index is 11.8. The van der Waals surface area contributed by atoms with Crippen molar-refractivity contribution in [3.8, 4) is 0 Å². The molecule has 0 amide bonds. The molecule has 0 spiro atoms. The topological polar surface area (TPSA) is 79.3 Å². The van der Waals surface area contributed by atoms with Gasteiger partial charge in [-0.1, -0.05) is 0 Å². The summed E-state index contributed by atoms with van der Waals surface area (Å²) in [6, 6.07) is 3.18. The van der Waals surface area contributed by atoms with Crippen LogP contribution < -0.4 is 5.11 Å². The third-order valence-electron chi connectivity index (χ3n) is 2.32. The fourth-order valence-electron chi connectivity index (χ4n) is 1.64. The van der Waals surface area contributed by atoms with Crippen LogP contribution >= 0.6 is 0 Å². The summed E-state index contributed by atoms with van der Waals surface area (Å²) in [4.78, 5) is 26.3. The van der Waals surface area contributed by atoms with Crippen LogP contribution in [-0.2, 0) is 9.53 Å². The van der Waals surface area contributed by atoms with Crippen LogP contribution in [0.1, 0.15) is 16.8 Å². The van der Waals surface area contributed by atoms with Gasteiger partial charge in [0.05, 0.1) is 26.7 Å². The summed E-state index contributed by atoms with van der Waals surface area (Å²) < 4.78 is 5.69. The third-order valence-corrected chi connectivity index (χ3v) is 2.32. The molecular weight excluding hydrogens is 248 g/mol. The van der Waals surface area contributed by atoms with Gasteiger partial charge < -0.3 is 19.1 Å². The lowest BCUT2D eigenvalue weighted by atomic mass is 10.2. The number of carboxylic acids is 1. The van der Waals surface area contributed by atoms with Gasteiger partial charge in [-0.2, -0.15) is 0 Å². The second-order valence-electron chi connectivity index (χ2n) is 5.32. The van der Waals surface area contributed by atoms with E-state index in [0.717, 1.165) is 0 Å². The van der Waals surface area contributed by atoms with Crippen LogP contribution in [0.25, 0.3) is 0 Å². The Balaban J connectivity index is 2.72. The van der Waals surface area contributed by atoms with Crippen molar-refractivity contribution in [3.05, 3.63) is 30.1 Å². The highest BCUT2D eigenvalue weighted by Crippen LogP contribution is 2.08. The molecule has 1 aromatic rings. The molecule has 1 atom stereocenters. The number of aliphatic carboxylic acids is 1. The van der Waals surface area contributed by atoms with Gasteiger partial charge in [-0.05, 0) is 12.1 Å². The van der Waals surface area contributed by atoms with Crippen LogP contribution in [0.4, 0.5) is 0 Å². The number of aromatic nitrogens is 1. The van der Waals surface area contributed by atoms with Gasteiger partial charge in [0.25, 0.3) is 0 Å². The van der Waals surface area contributed by atoms with E-state index in [9.17, 15) is 14.7 Å². The summed E-state index contributed by atoms with van der Waals surface area (Å²) in [5.74, 6) is -1.81. The van der Waals surface area contributed by atoms with Gasteiger partial charge in [0, 0.05) is 24.8 Å². The van der Waals surface area contributed by atoms with Gasteiger partial charge >= 0.3 is 5.97 Å². The predicted octanol–water partition coefficient (Wildman–Crippen LogP) is -0.547. The number of rotatable bonds is 6. The van der Waals surface area contributed by atoms with E-state index in [4.69, 9.17) is 4.74 Å². The molecule has 0 aliphatic rings. The molecule has 1 heterocycles. The zero-order valence-electron chi connectivity index (χ0n) is 11.3. The van der Waals surface area contributed by atoms with E-state index in [1.165, 1.54) is 6.20 Å². The number of pyridine rings is 1. The van der Waals surface area contributed by atoms with Crippen LogP contribution in [0, 0.1) is 0 Å². The Kier molecular flexibility index (Phi) is 5.00. The van der Waals surface area contributed by atoms with Gasteiger partial charge in [0.15, 0.2) is 6.10 Å². The molecule has 0 aromatic carbocycles. The summed E-state index contributed by atoms with van der Waals surface area (Å²) >= 11 is 0. The molecule has 19 heavy (non-hydrogen) atoms. The van der Waals surface area contributed by atoms with Crippen molar-refractivity contribution >= 4 is 11.9 Å². The molecule has 0 radical (unpaired) electrons. The average molecular weight is 266 g/mol. The van der Waals surface area contributed by atoms with Crippen molar-refractivity contribution < 1.29 is 23.9 Å². The van der Waals surface area contributed by atoms with Crippen molar-refractivity contribution in [2.45, 2.75) is 12.5 Å². The molecule has 0 saturated carbocycles. The minimum atomic E-state index is -1.24. The Morgan fingerprint density at radius 3 is 2.58 bits per heavy atom. The smallest absolute Gasteiger partial charge is 0.340 e. The van der Waals surface area contributed by atoms with E-state index in [1.54, 1.807) is 18.3 Å². The summed E-state index contributed by atoms with van der Waals surface area (Å²) in [5.41, 5.74) is 0.298. The van der Waals surface area contributed by atoms with Gasteiger partial charge in [-0.15, -0.1) is 0 Å². The highest BCUT2D eigenvalue weighted by Gasteiger charge is 2.23. The lowest BCUT2D eigenvalue weighted by molar-refractivity contribution is -0.873. The Hall–Kier alpha value is -1.95. The molecule has 6 heteroatoms. The van der Waals surface area contributed by atoms with Crippen molar-refractivity contribution in [2.75, 3.05) is 27.7 Å². The minimum Gasteiger partial charge on any atom is -0.550 e. The number of esters is 1. The zero-order chi connectivity index (χ0) is 14.5. The molecule has 0 bridgehead atoms. The first-order valence-corrected chi connectivity index (χ1v) is 5.89. The Morgan fingerprint density at radius 2 is 2.11 bits per heavy atom. The first-order chi connectivity index (χ1) is 8.78. The second-order valence-corrected chi connectivity index (χ2v) is 5.32. The standard InChI is InChI=1S/C13H18N2O4/c1-15(2,3)9-11(7-12(16)17)19-13(18)10-5-4-6-14-8-10/h4-6,8,11H,7,9H2,1-3H3/t11-/m1/s1. The summed E-state index contributed by atoms with van der Waals surface area (Å²) in [6.07, 6.45) is 1.88. The number of carbonyl (C=O) groups is 2. The number of carboxylic acid groups (broad SMARTS) is 1. The lowest BCUT2D eigenvalue weighted by Crippen LogP contribution is -2.45. The molecule has 0 unspecified atom stereocenters. The fraction of sp³-hybridized carbons (Fsp3) is 0.462. The van der Waals surface area contributed by atoms with E-state index in [0.29, 0.717) is 16.6 Å². The van der Waals surface area contributed by atoms with Crippen molar-refractivity contribution in [1.29, 1.82) is 0 Å². The van der Waals surface area contributed by atoms with Crippen LogP contribution in [-0.4, -0.2) is 55.2 Å². The highest BCUT2D eigenvalue weighted by atomic mass is 16.5. The van der Waals surface area contributed by atoms with Crippen molar-refractivity contribution in [2.24, 2.45) is 0 Å². The SMILES string of the molecule is C[N+](C)(C)C[C@@H](CC(=O)[O-])OC(=O)c1cccnc1. The van der Waals surface area contributed by atoms with Crippen molar-refractivity contribution in [3.63, 3.8) is 0 Å². The number of likely N-dealkylation sites (N-methyl/N-ethyl adjacent to an activating group) is 1. The summed E-state index contributed by atoms with van der Waals surface area (Å²) in [5, 5.41) is 10.7. The second kappa shape index (κ2) is 6.29. The molecule has 0 aliphatic carbocycles. The monoisotopic (exact) mass is 266 g/mol. The number of quaternary nitrogens is 1. The van der Waals surface area contributed by atoms with Crippen LogP contribution in [0.2, 0.25) is 0 Å². The Bertz CT molecular complexity index is 440. The van der Waals surface area contributed by atoms with Crippen molar-refractivity contribution in [1.82, 2.24) is 4.98 Å². The maximum atomic E-state index is 11.8.